The van der Waals surface area contributed by atoms with Gasteiger partial charge >= 0.3 is 5.97 Å². The largest absolute Gasteiger partial charge is 0.481 e. The minimum absolute atomic E-state index is 0.206. The Hall–Kier alpha value is -2.15. The van der Waals surface area contributed by atoms with Crippen LogP contribution in [0.5, 0.6) is 0 Å². The second-order valence-electron chi connectivity index (χ2n) is 5.95. The van der Waals surface area contributed by atoms with Gasteiger partial charge in [-0.2, -0.15) is 0 Å². The van der Waals surface area contributed by atoms with Crippen LogP contribution in [0, 0.1) is 5.92 Å². The van der Waals surface area contributed by atoms with Crippen LogP contribution in [-0.4, -0.2) is 27.1 Å². The quantitative estimate of drug-likeness (QED) is 0.713. The lowest BCUT2D eigenvalue weighted by molar-refractivity contribution is -0.142. The first-order valence-corrected chi connectivity index (χ1v) is 8.73. The zero-order valence-corrected chi connectivity index (χ0v) is 14.7. The number of nitrogens with zero attached hydrogens (tertiary/aromatic N) is 2. The van der Waals surface area contributed by atoms with Gasteiger partial charge < -0.3 is 15.7 Å². The first kappa shape index (κ1) is 16.7. The molecule has 1 heterocycles. The fourth-order valence-corrected chi connectivity index (χ4v) is 3.31. The Morgan fingerprint density at radius 3 is 2.58 bits per heavy atom. The van der Waals surface area contributed by atoms with E-state index in [1.54, 1.807) is 0 Å². The maximum Gasteiger partial charge on any atom is 0.306 e. The lowest BCUT2D eigenvalue weighted by Gasteiger charge is -2.27. The van der Waals surface area contributed by atoms with Gasteiger partial charge in [0.25, 0.3) is 0 Å². The summed E-state index contributed by atoms with van der Waals surface area (Å²) < 4.78 is 0.995. The van der Waals surface area contributed by atoms with Crippen LogP contribution in [0.3, 0.4) is 0 Å². The normalized spacial score (nSPS) is 20.4. The average molecular weight is 391 g/mol. The molecule has 126 valence electrons. The van der Waals surface area contributed by atoms with E-state index in [9.17, 15) is 4.79 Å². The van der Waals surface area contributed by atoms with Gasteiger partial charge in [-0.3, -0.25) is 4.79 Å². The molecule has 0 saturated heterocycles. The molecule has 3 N–H and O–H groups in total. The fourth-order valence-electron chi connectivity index (χ4n) is 2.91. The molecule has 0 radical (unpaired) electrons. The third kappa shape index (κ3) is 4.44. The summed E-state index contributed by atoms with van der Waals surface area (Å²) in [5.74, 6) is 0.573. The Balaban J connectivity index is 1.60. The SMILES string of the molecule is O=C(O)C1CCC(Nc2cc(Nc3cccc(Br)c3)ncn2)CC1. The van der Waals surface area contributed by atoms with E-state index in [1.807, 2.05) is 30.3 Å². The van der Waals surface area contributed by atoms with Crippen LogP contribution >= 0.6 is 15.9 Å². The van der Waals surface area contributed by atoms with Crippen LogP contribution in [0.1, 0.15) is 25.7 Å². The van der Waals surface area contributed by atoms with Crippen molar-refractivity contribution in [3.8, 4) is 0 Å². The number of carboxylic acid groups (broad SMARTS) is 1. The van der Waals surface area contributed by atoms with Crippen molar-refractivity contribution < 1.29 is 9.90 Å². The molecule has 1 fully saturated rings. The summed E-state index contributed by atoms with van der Waals surface area (Å²) in [6.45, 7) is 0. The Morgan fingerprint density at radius 1 is 1.12 bits per heavy atom. The van der Waals surface area contributed by atoms with Gasteiger partial charge in [0, 0.05) is 22.3 Å². The molecule has 1 saturated carbocycles. The highest BCUT2D eigenvalue weighted by Gasteiger charge is 2.25. The zero-order chi connectivity index (χ0) is 16.9. The third-order valence-electron chi connectivity index (χ3n) is 4.19. The van der Waals surface area contributed by atoms with E-state index in [2.05, 4.69) is 36.5 Å². The van der Waals surface area contributed by atoms with Crippen molar-refractivity contribution in [1.29, 1.82) is 0 Å². The summed E-state index contributed by atoms with van der Waals surface area (Å²) in [5.41, 5.74) is 0.941. The molecule has 0 aliphatic heterocycles. The third-order valence-corrected chi connectivity index (χ3v) is 4.69. The Morgan fingerprint density at radius 2 is 1.88 bits per heavy atom. The van der Waals surface area contributed by atoms with Crippen molar-refractivity contribution in [1.82, 2.24) is 9.97 Å². The van der Waals surface area contributed by atoms with Gasteiger partial charge in [-0.15, -0.1) is 0 Å². The number of aromatic nitrogens is 2. The highest BCUT2D eigenvalue weighted by Crippen LogP contribution is 2.27. The molecule has 2 aromatic rings. The second-order valence-corrected chi connectivity index (χ2v) is 6.87. The van der Waals surface area contributed by atoms with Gasteiger partial charge in [-0.25, -0.2) is 9.97 Å². The number of benzene rings is 1. The molecule has 6 nitrogen and oxygen atoms in total. The lowest BCUT2D eigenvalue weighted by atomic mass is 9.86. The van der Waals surface area contributed by atoms with Crippen molar-refractivity contribution in [3.05, 3.63) is 41.1 Å². The summed E-state index contributed by atoms with van der Waals surface area (Å²) in [6, 6.07) is 9.98. The average Bonchev–Trinajstić information content (AvgIpc) is 2.56. The standard InChI is InChI=1S/C17H19BrN4O2/c18-12-2-1-3-14(8-12)22-16-9-15(19-10-20-16)21-13-6-4-11(5-7-13)17(23)24/h1-3,8-11,13H,4-7H2,(H,23,24)(H2,19,20,21,22). The molecule has 1 aromatic heterocycles. The van der Waals surface area contributed by atoms with Crippen LogP contribution in [-0.2, 0) is 4.79 Å². The predicted octanol–water partition coefficient (Wildman–Crippen LogP) is 4.04. The van der Waals surface area contributed by atoms with E-state index >= 15 is 0 Å². The van der Waals surface area contributed by atoms with E-state index in [0.717, 1.165) is 28.8 Å². The van der Waals surface area contributed by atoms with Crippen LogP contribution < -0.4 is 10.6 Å². The number of aliphatic carboxylic acids is 1. The molecule has 0 bridgehead atoms. The van der Waals surface area contributed by atoms with Gasteiger partial charge in [-0.05, 0) is 43.9 Å². The smallest absolute Gasteiger partial charge is 0.306 e. The number of carboxylic acids is 1. The first-order valence-electron chi connectivity index (χ1n) is 7.94. The van der Waals surface area contributed by atoms with Crippen molar-refractivity contribution in [2.75, 3.05) is 10.6 Å². The van der Waals surface area contributed by atoms with Crippen LogP contribution in [0.25, 0.3) is 0 Å². The molecule has 1 aromatic carbocycles. The van der Waals surface area contributed by atoms with Gasteiger partial charge in [0.15, 0.2) is 0 Å². The summed E-state index contributed by atoms with van der Waals surface area (Å²) in [7, 11) is 0. The summed E-state index contributed by atoms with van der Waals surface area (Å²) in [6.07, 6.45) is 4.62. The van der Waals surface area contributed by atoms with Crippen molar-refractivity contribution in [2.45, 2.75) is 31.7 Å². The first-order chi connectivity index (χ1) is 11.6. The van der Waals surface area contributed by atoms with E-state index in [0.29, 0.717) is 18.7 Å². The predicted molar refractivity (Wildman–Crippen MR) is 96.5 cm³/mol. The topological polar surface area (TPSA) is 87.1 Å². The molecule has 7 heteroatoms. The number of carbonyl (C=O) groups is 1. The molecule has 0 atom stereocenters. The summed E-state index contributed by atoms with van der Waals surface area (Å²) in [5, 5.41) is 15.7. The number of anilines is 3. The molecule has 0 spiro atoms. The van der Waals surface area contributed by atoms with E-state index < -0.39 is 5.97 Å². The van der Waals surface area contributed by atoms with E-state index in [-0.39, 0.29) is 12.0 Å². The van der Waals surface area contributed by atoms with Crippen molar-refractivity contribution >= 4 is 39.2 Å². The lowest BCUT2D eigenvalue weighted by Crippen LogP contribution is -2.29. The van der Waals surface area contributed by atoms with E-state index in [1.165, 1.54) is 6.33 Å². The molecule has 24 heavy (non-hydrogen) atoms. The molecule has 0 unspecified atom stereocenters. The van der Waals surface area contributed by atoms with Crippen LogP contribution in [0.15, 0.2) is 41.1 Å². The number of hydrogen-bond donors (Lipinski definition) is 3. The molecular weight excluding hydrogens is 372 g/mol. The summed E-state index contributed by atoms with van der Waals surface area (Å²) >= 11 is 3.44. The molecule has 3 rings (SSSR count). The van der Waals surface area contributed by atoms with Crippen molar-refractivity contribution in [2.24, 2.45) is 5.92 Å². The zero-order valence-electron chi connectivity index (χ0n) is 13.1. The minimum atomic E-state index is -0.684. The van der Waals surface area contributed by atoms with Gasteiger partial charge in [0.2, 0.25) is 0 Å². The number of nitrogens with one attached hydrogen (secondary N) is 2. The maximum absolute atomic E-state index is 11.0. The number of halogens is 1. The highest BCUT2D eigenvalue weighted by molar-refractivity contribution is 9.10. The summed E-state index contributed by atoms with van der Waals surface area (Å²) in [4.78, 5) is 19.5. The van der Waals surface area contributed by atoms with Crippen molar-refractivity contribution in [3.63, 3.8) is 0 Å². The Kier molecular flexibility index (Phi) is 5.30. The Labute approximate surface area is 148 Å². The molecule has 0 amide bonds. The maximum atomic E-state index is 11.0. The molecule has 1 aliphatic rings. The monoisotopic (exact) mass is 390 g/mol. The van der Waals surface area contributed by atoms with Gasteiger partial charge in [-0.1, -0.05) is 22.0 Å². The Bertz CT molecular complexity index is 717. The molecular formula is C17H19BrN4O2. The van der Waals surface area contributed by atoms with Gasteiger partial charge in [0.05, 0.1) is 5.92 Å². The number of rotatable bonds is 5. The van der Waals surface area contributed by atoms with Crippen LogP contribution in [0.2, 0.25) is 0 Å². The number of hydrogen-bond acceptors (Lipinski definition) is 5. The van der Waals surface area contributed by atoms with Crippen LogP contribution in [0.4, 0.5) is 17.3 Å². The molecule has 1 aliphatic carbocycles. The second kappa shape index (κ2) is 7.61. The van der Waals surface area contributed by atoms with Gasteiger partial charge in [0.1, 0.15) is 18.0 Å². The fraction of sp³-hybridized carbons (Fsp3) is 0.353. The highest BCUT2D eigenvalue weighted by atomic mass is 79.9. The van der Waals surface area contributed by atoms with E-state index in [4.69, 9.17) is 5.11 Å². The minimum Gasteiger partial charge on any atom is -0.481 e.